The van der Waals surface area contributed by atoms with Crippen LogP contribution in [-0.2, 0) is 0 Å². The van der Waals surface area contributed by atoms with Gasteiger partial charge < -0.3 is 10.2 Å². The van der Waals surface area contributed by atoms with E-state index in [1.807, 2.05) is 84.9 Å². The zero-order chi connectivity index (χ0) is 35.9. The van der Waals surface area contributed by atoms with Crippen molar-refractivity contribution in [3.63, 3.8) is 0 Å². The Bertz CT molecular complexity index is 2560. The van der Waals surface area contributed by atoms with Crippen molar-refractivity contribution < 1.29 is 29.4 Å². The van der Waals surface area contributed by atoms with Gasteiger partial charge in [0.15, 0.2) is 11.6 Å². The van der Waals surface area contributed by atoms with E-state index in [0.29, 0.717) is 21.9 Å². The fourth-order valence-corrected chi connectivity index (χ4v) is 7.26. The molecule has 0 aliphatic heterocycles. The van der Waals surface area contributed by atoms with Crippen molar-refractivity contribution >= 4 is 55.8 Å². The van der Waals surface area contributed by atoms with E-state index in [9.17, 15) is 29.4 Å². The first-order valence-corrected chi connectivity index (χ1v) is 16.6. The molecule has 0 aliphatic carbocycles. The van der Waals surface area contributed by atoms with E-state index in [4.69, 9.17) is 0 Å². The van der Waals surface area contributed by atoms with E-state index >= 15 is 0 Å². The number of hydrogen-bond donors (Lipinski definition) is 2. The highest BCUT2D eigenvalue weighted by atomic mass is 16.4. The van der Waals surface area contributed by atoms with Gasteiger partial charge in [0, 0.05) is 33.4 Å². The molecule has 0 unspecified atom stereocenters. The molecule has 0 bridgehead atoms. The van der Waals surface area contributed by atoms with E-state index in [-0.39, 0.29) is 44.5 Å². The van der Waals surface area contributed by atoms with Crippen LogP contribution in [-0.4, -0.2) is 33.7 Å². The highest BCUT2D eigenvalue weighted by Crippen LogP contribution is 2.46. The van der Waals surface area contributed by atoms with Crippen molar-refractivity contribution in [2.45, 2.75) is 0 Å². The third-order valence-corrected chi connectivity index (χ3v) is 9.55. The summed E-state index contributed by atoms with van der Waals surface area (Å²) in [6.07, 6.45) is 0. The van der Waals surface area contributed by atoms with Gasteiger partial charge in [0.25, 0.3) is 0 Å². The van der Waals surface area contributed by atoms with Crippen molar-refractivity contribution in [2.75, 3.05) is 0 Å². The van der Waals surface area contributed by atoms with Gasteiger partial charge >= 0.3 is 11.9 Å². The lowest BCUT2D eigenvalue weighted by molar-refractivity contribution is 0.0683. The van der Waals surface area contributed by atoms with E-state index < -0.39 is 23.5 Å². The minimum absolute atomic E-state index is 0.0788. The predicted octanol–water partition coefficient (Wildman–Crippen LogP) is 10.3. The molecule has 0 heterocycles. The molecule has 0 spiro atoms. The summed E-state index contributed by atoms with van der Waals surface area (Å²) < 4.78 is 0. The Morgan fingerprint density at radius 2 is 0.712 bits per heavy atom. The maximum atomic E-state index is 14.6. The zero-order valence-corrected chi connectivity index (χ0v) is 27.5. The number of carboxylic acids is 2. The van der Waals surface area contributed by atoms with Crippen molar-refractivity contribution in [2.24, 2.45) is 0 Å². The number of aromatic carboxylic acids is 2. The van der Waals surface area contributed by atoms with Crippen LogP contribution >= 0.6 is 0 Å². The van der Waals surface area contributed by atoms with Gasteiger partial charge in [-0.1, -0.05) is 146 Å². The van der Waals surface area contributed by atoms with Gasteiger partial charge in [-0.2, -0.15) is 0 Å². The third-order valence-electron chi connectivity index (χ3n) is 9.55. The van der Waals surface area contributed by atoms with Crippen LogP contribution in [0, 0.1) is 0 Å². The predicted molar refractivity (Wildman–Crippen MR) is 203 cm³/mol. The summed E-state index contributed by atoms with van der Waals surface area (Å²) in [5, 5.41) is 25.7. The second kappa shape index (κ2) is 12.9. The molecule has 2 N–H and O–H groups in total. The maximum absolute atomic E-state index is 14.6. The zero-order valence-electron chi connectivity index (χ0n) is 27.5. The third kappa shape index (κ3) is 5.30. The van der Waals surface area contributed by atoms with E-state index in [1.54, 1.807) is 60.7 Å². The summed E-state index contributed by atoms with van der Waals surface area (Å²) in [4.78, 5) is 56.1. The first-order valence-electron chi connectivity index (χ1n) is 16.6. The molecule has 0 radical (unpaired) electrons. The lowest BCUT2D eigenvalue weighted by Gasteiger charge is -2.23. The minimum Gasteiger partial charge on any atom is -0.478 e. The van der Waals surface area contributed by atoms with E-state index in [0.717, 1.165) is 21.5 Å². The highest BCUT2D eigenvalue weighted by molar-refractivity contribution is 6.29. The summed E-state index contributed by atoms with van der Waals surface area (Å²) >= 11 is 0. The summed E-state index contributed by atoms with van der Waals surface area (Å²) in [5.74, 6) is -3.75. The van der Waals surface area contributed by atoms with Crippen LogP contribution in [0.2, 0.25) is 0 Å². The van der Waals surface area contributed by atoms with Crippen LogP contribution in [0.5, 0.6) is 0 Å². The summed E-state index contributed by atoms with van der Waals surface area (Å²) in [7, 11) is 0. The summed E-state index contributed by atoms with van der Waals surface area (Å²) in [6.45, 7) is 0. The standard InChI is InChI=1S/C46H28O6/c47-43(29-15-3-1-4-16-29)41-37(45(49)50)25-36-35(39(41)33-23-11-19-27-13-7-9-21-31(27)33)26-38(46(51)52)42(44(48)30-17-5-2-6-18-30)40(36)34-24-12-20-28-14-8-10-22-32(28)34/h1-26H,(H,49,50)(H,51,52). The largest absolute Gasteiger partial charge is 0.478 e. The number of carboxylic acid groups (broad SMARTS) is 2. The van der Waals surface area contributed by atoms with Crippen LogP contribution in [0.4, 0.5) is 0 Å². The molecule has 0 atom stereocenters. The Morgan fingerprint density at radius 1 is 0.365 bits per heavy atom. The molecule has 0 aromatic heterocycles. The Hall–Kier alpha value is -7.18. The van der Waals surface area contributed by atoms with Crippen molar-refractivity contribution in [1.82, 2.24) is 0 Å². The quantitative estimate of drug-likeness (QED) is 0.155. The Kier molecular flexibility index (Phi) is 7.97. The molecule has 0 aliphatic rings. The normalized spacial score (nSPS) is 11.2. The Balaban J connectivity index is 1.65. The number of ketones is 2. The maximum Gasteiger partial charge on any atom is 0.336 e. The number of benzene rings is 8. The van der Waals surface area contributed by atoms with Gasteiger partial charge in [0.05, 0.1) is 11.1 Å². The van der Waals surface area contributed by atoms with Gasteiger partial charge in [0.1, 0.15) is 0 Å². The van der Waals surface area contributed by atoms with Gasteiger partial charge in [-0.3, -0.25) is 9.59 Å². The lowest BCUT2D eigenvalue weighted by atomic mass is 9.79. The van der Waals surface area contributed by atoms with Gasteiger partial charge in [0.2, 0.25) is 0 Å². The first-order chi connectivity index (χ1) is 25.3. The van der Waals surface area contributed by atoms with Gasteiger partial charge in [-0.15, -0.1) is 0 Å². The number of fused-ring (bicyclic) bond motifs is 3. The fourth-order valence-electron chi connectivity index (χ4n) is 7.26. The van der Waals surface area contributed by atoms with Crippen molar-refractivity contribution in [3.8, 4) is 22.3 Å². The fraction of sp³-hybridized carbons (Fsp3) is 0. The molecule has 6 heteroatoms. The van der Waals surface area contributed by atoms with Crippen molar-refractivity contribution in [3.05, 3.63) is 191 Å². The second-order valence-corrected chi connectivity index (χ2v) is 12.5. The SMILES string of the molecule is O=C(O)c1cc2c(-c3cccc4ccccc34)c(C(=O)c3ccccc3)c(C(=O)O)cc2c(-c2cccc3ccccc23)c1C(=O)c1ccccc1. The Morgan fingerprint density at radius 3 is 1.10 bits per heavy atom. The van der Waals surface area contributed by atoms with Crippen LogP contribution in [0.15, 0.2) is 158 Å². The molecule has 0 fully saturated rings. The van der Waals surface area contributed by atoms with E-state index in [2.05, 4.69) is 0 Å². The Labute approximate surface area is 297 Å². The minimum atomic E-state index is -1.34. The van der Waals surface area contributed by atoms with Crippen molar-refractivity contribution in [1.29, 1.82) is 0 Å². The average molecular weight is 677 g/mol. The van der Waals surface area contributed by atoms with Gasteiger partial charge in [-0.25, -0.2) is 9.59 Å². The summed E-state index contributed by atoms with van der Waals surface area (Å²) in [5.41, 5.74) is 1.48. The average Bonchev–Trinajstić information content (AvgIpc) is 3.19. The number of rotatable bonds is 8. The molecule has 8 aromatic rings. The smallest absolute Gasteiger partial charge is 0.336 e. The topological polar surface area (TPSA) is 109 Å². The molecule has 8 rings (SSSR count). The summed E-state index contributed by atoms with van der Waals surface area (Å²) in [6, 6.07) is 45.9. The molecular formula is C46H28O6. The number of carbonyl (C=O) groups excluding carboxylic acids is 2. The molecule has 0 amide bonds. The van der Waals surface area contributed by atoms with E-state index in [1.165, 1.54) is 12.1 Å². The molecule has 0 saturated heterocycles. The molecular weight excluding hydrogens is 649 g/mol. The first kappa shape index (κ1) is 32.0. The lowest BCUT2D eigenvalue weighted by Crippen LogP contribution is -2.16. The molecule has 6 nitrogen and oxygen atoms in total. The molecule has 248 valence electrons. The number of carbonyl (C=O) groups is 4. The molecule has 8 aromatic carbocycles. The molecule has 52 heavy (non-hydrogen) atoms. The van der Waals surface area contributed by atoms with Crippen LogP contribution < -0.4 is 0 Å². The van der Waals surface area contributed by atoms with Gasteiger partial charge in [-0.05, 0) is 55.6 Å². The van der Waals surface area contributed by atoms with Crippen LogP contribution in [0.1, 0.15) is 52.6 Å². The monoisotopic (exact) mass is 676 g/mol. The van der Waals surface area contributed by atoms with Crippen LogP contribution in [0.3, 0.4) is 0 Å². The molecule has 0 saturated carbocycles. The highest BCUT2D eigenvalue weighted by Gasteiger charge is 2.32. The second-order valence-electron chi connectivity index (χ2n) is 12.5. The van der Waals surface area contributed by atoms with Crippen LogP contribution in [0.25, 0.3) is 54.6 Å². The number of hydrogen-bond acceptors (Lipinski definition) is 4.